The van der Waals surface area contributed by atoms with Crippen LogP contribution in [0.15, 0.2) is 95.9 Å². The zero-order valence-electron chi connectivity index (χ0n) is 25.0. The van der Waals surface area contributed by atoms with Gasteiger partial charge in [0.25, 0.3) is 0 Å². The van der Waals surface area contributed by atoms with Crippen LogP contribution < -0.4 is 14.2 Å². The molecule has 43 heavy (non-hydrogen) atoms. The van der Waals surface area contributed by atoms with Crippen molar-refractivity contribution < 1.29 is 19.3 Å². The van der Waals surface area contributed by atoms with Crippen LogP contribution in [0, 0.1) is 0 Å². The molecule has 1 N–H and O–H groups in total. The van der Waals surface area contributed by atoms with Crippen molar-refractivity contribution in [1.82, 2.24) is 0 Å². The summed E-state index contributed by atoms with van der Waals surface area (Å²) in [5, 5.41) is 12.5. The molecule has 4 nitrogen and oxygen atoms in total. The molecule has 5 heteroatoms. The second-order valence-electron chi connectivity index (χ2n) is 11.7. The molecule has 7 rings (SSSR count). The zero-order valence-corrected chi connectivity index (χ0v) is 25.8. The Morgan fingerprint density at radius 2 is 1.44 bits per heavy atom. The summed E-state index contributed by atoms with van der Waals surface area (Å²) in [6, 6.07) is 29.3. The number of thioether (sulfide) groups is 1. The van der Waals surface area contributed by atoms with Gasteiger partial charge >= 0.3 is 0 Å². The molecule has 0 saturated heterocycles. The smallest absolute Gasteiger partial charge is 0.178 e. The predicted molar refractivity (Wildman–Crippen MR) is 176 cm³/mol. The van der Waals surface area contributed by atoms with Gasteiger partial charge in [0.1, 0.15) is 17.2 Å². The second kappa shape index (κ2) is 10.2. The van der Waals surface area contributed by atoms with Crippen molar-refractivity contribution in [2.45, 2.75) is 36.4 Å². The van der Waals surface area contributed by atoms with E-state index < -0.39 is 5.60 Å². The molecular formula is C38H34O4S. The van der Waals surface area contributed by atoms with Crippen molar-refractivity contribution in [2.24, 2.45) is 0 Å². The van der Waals surface area contributed by atoms with E-state index in [1.165, 1.54) is 22.3 Å². The van der Waals surface area contributed by atoms with Gasteiger partial charge in [-0.2, -0.15) is 0 Å². The molecule has 0 aromatic heterocycles. The lowest BCUT2D eigenvalue weighted by molar-refractivity contribution is 0.163. The molecule has 5 aromatic rings. The Bertz CT molecular complexity index is 1860. The molecule has 5 aromatic carbocycles. The third-order valence-corrected chi connectivity index (χ3v) is 9.97. The van der Waals surface area contributed by atoms with Crippen molar-refractivity contribution in [3.63, 3.8) is 0 Å². The Morgan fingerprint density at radius 1 is 0.814 bits per heavy atom. The minimum absolute atomic E-state index is 0.0224. The van der Waals surface area contributed by atoms with Gasteiger partial charge in [0.2, 0.25) is 0 Å². The number of methoxy groups -OCH3 is 2. The average Bonchev–Trinajstić information content (AvgIpc) is 3.30. The Balaban J connectivity index is 1.57. The van der Waals surface area contributed by atoms with E-state index in [4.69, 9.17) is 14.2 Å². The molecule has 0 amide bonds. The van der Waals surface area contributed by atoms with Crippen LogP contribution in [0.5, 0.6) is 17.2 Å². The molecule has 0 spiro atoms. The number of benzene rings is 5. The normalized spacial score (nSPS) is 15.4. The van der Waals surface area contributed by atoms with Crippen LogP contribution in [0.3, 0.4) is 0 Å². The van der Waals surface area contributed by atoms with E-state index in [9.17, 15) is 5.11 Å². The van der Waals surface area contributed by atoms with Gasteiger partial charge in [0.05, 0.1) is 20.8 Å². The number of fused-ring (bicyclic) bond motifs is 8. The molecule has 0 atom stereocenters. The number of ether oxygens (including phenoxy) is 3. The number of hydrogen-bond donors (Lipinski definition) is 1. The van der Waals surface area contributed by atoms with Crippen molar-refractivity contribution in [2.75, 3.05) is 20.5 Å². The molecule has 0 radical (unpaired) electrons. The first-order chi connectivity index (χ1) is 20.9. The number of aliphatic hydroxyl groups excluding tert-OH is 1. The summed E-state index contributed by atoms with van der Waals surface area (Å²) >= 11 is 1.64. The predicted octanol–water partition coefficient (Wildman–Crippen LogP) is 8.73. The summed E-state index contributed by atoms with van der Waals surface area (Å²) in [4.78, 5) is 1.04. The monoisotopic (exact) mass is 586 g/mol. The largest absolute Gasteiger partial charge is 0.497 e. The Morgan fingerprint density at radius 3 is 2.02 bits per heavy atom. The molecule has 0 fully saturated rings. The lowest BCUT2D eigenvalue weighted by atomic mass is 9.76. The average molecular weight is 587 g/mol. The Hall–Kier alpha value is -4.19. The summed E-state index contributed by atoms with van der Waals surface area (Å²) in [7, 11) is 3.36. The van der Waals surface area contributed by atoms with E-state index in [0.29, 0.717) is 0 Å². The Kier molecular flexibility index (Phi) is 6.57. The minimum atomic E-state index is -0.891. The maximum Gasteiger partial charge on any atom is 0.178 e. The molecule has 0 saturated carbocycles. The summed E-state index contributed by atoms with van der Waals surface area (Å²) in [5.74, 6) is 2.43. The van der Waals surface area contributed by atoms with Gasteiger partial charge in [0.15, 0.2) is 5.60 Å². The van der Waals surface area contributed by atoms with Crippen LogP contribution >= 0.6 is 11.8 Å². The van der Waals surface area contributed by atoms with Crippen LogP contribution in [0.1, 0.15) is 47.2 Å². The molecule has 1 heterocycles. The molecule has 216 valence electrons. The Labute approximate surface area is 256 Å². The van der Waals surface area contributed by atoms with Gasteiger partial charge in [-0.05, 0) is 81.9 Å². The highest BCUT2D eigenvalue weighted by atomic mass is 32.2. The highest BCUT2D eigenvalue weighted by molar-refractivity contribution is 7.98. The first kappa shape index (κ1) is 27.6. The van der Waals surface area contributed by atoms with E-state index in [1.807, 2.05) is 24.3 Å². The first-order valence-corrected chi connectivity index (χ1v) is 15.7. The number of aliphatic hydroxyl groups is 1. The van der Waals surface area contributed by atoms with Crippen LogP contribution in [-0.4, -0.2) is 25.6 Å². The molecular weight excluding hydrogens is 552 g/mol. The van der Waals surface area contributed by atoms with E-state index in [2.05, 4.69) is 92.9 Å². The van der Waals surface area contributed by atoms with E-state index in [0.717, 1.165) is 55.2 Å². The quantitative estimate of drug-likeness (QED) is 0.202. The summed E-state index contributed by atoms with van der Waals surface area (Å²) in [6.07, 6.45) is 6.51. The fourth-order valence-corrected chi connectivity index (χ4v) is 7.61. The highest BCUT2D eigenvalue weighted by Gasteiger charge is 2.44. The standard InChI is InChI=1S/C38H34O4S/c1-37(2)32-9-7-6-8-28(32)34-30-20-23(22-39)33(43-5)21-31(30)36-29(35(34)37)18-19-38(42-36,24-10-14-26(40-3)15-11-24)25-12-16-27(41-4)17-13-25/h6-21,39H,22H2,1-5H3. The highest BCUT2D eigenvalue weighted by Crippen LogP contribution is 2.58. The van der Waals surface area contributed by atoms with Gasteiger partial charge in [0, 0.05) is 32.4 Å². The number of rotatable bonds is 6. The van der Waals surface area contributed by atoms with Crippen LogP contribution in [0.4, 0.5) is 0 Å². The van der Waals surface area contributed by atoms with E-state index >= 15 is 0 Å². The van der Waals surface area contributed by atoms with Crippen LogP contribution in [0.2, 0.25) is 0 Å². The molecule has 1 aliphatic heterocycles. The third kappa shape index (κ3) is 4.02. The molecule has 1 aliphatic carbocycles. The van der Waals surface area contributed by atoms with Gasteiger partial charge in [-0.15, -0.1) is 11.8 Å². The van der Waals surface area contributed by atoms with Crippen molar-refractivity contribution in [3.8, 4) is 28.4 Å². The van der Waals surface area contributed by atoms with E-state index in [-0.39, 0.29) is 12.0 Å². The van der Waals surface area contributed by atoms with Crippen molar-refractivity contribution in [1.29, 1.82) is 0 Å². The summed E-state index contributed by atoms with van der Waals surface area (Å²) in [6.45, 7) is 4.58. The minimum Gasteiger partial charge on any atom is -0.497 e. The van der Waals surface area contributed by atoms with Gasteiger partial charge < -0.3 is 19.3 Å². The molecule has 0 unspecified atom stereocenters. The van der Waals surface area contributed by atoms with Gasteiger partial charge in [-0.25, -0.2) is 0 Å². The molecule has 0 bridgehead atoms. The van der Waals surface area contributed by atoms with E-state index in [1.54, 1.807) is 26.0 Å². The maximum atomic E-state index is 10.4. The zero-order chi connectivity index (χ0) is 29.9. The number of hydrogen-bond acceptors (Lipinski definition) is 5. The van der Waals surface area contributed by atoms with Crippen molar-refractivity contribution >= 4 is 28.6 Å². The third-order valence-electron chi connectivity index (χ3n) is 9.15. The summed E-state index contributed by atoms with van der Waals surface area (Å²) in [5.41, 5.74) is 7.91. The fraction of sp³-hybridized carbons (Fsp3) is 0.211. The van der Waals surface area contributed by atoms with Crippen LogP contribution in [-0.2, 0) is 17.6 Å². The SMILES string of the molecule is COc1ccc(C2(c3ccc(OC)cc3)C=Cc3c4c(c5cc(CO)c(SC)cc5c3O2)-c2ccccc2C4(C)C)cc1. The van der Waals surface area contributed by atoms with Crippen LogP contribution in [0.25, 0.3) is 28.0 Å². The topological polar surface area (TPSA) is 47.9 Å². The lowest BCUT2D eigenvalue weighted by Crippen LogP contribution is -2.35. The lowest BCUT2D eigenvalue weighted by Gasteiger charge is -2.38. The van der Waals surface area contributed by atoms with Crippen molar-refractivity contribution in [3.05, 3.63) is 124 Å². The van der Waals surface area contributed by atoms with Gasteiger partial charge in [-0.1, -0.05) is 68.5 Å². The maximum absolute atomic E-state index is 10.4. The second-order valence-corrected chi connectivity index (χ2v) is 12.5. The summed E-state index contributed by atoms with van der Waals surface area (Å²) < 4.78 is 18.4. The fourth-order valence-electron chi connectivity index (χ4n) is 6.99. The first-order valence-electron chi connectivity index (χ1n) is 14.5. The van der Waals surface area contributed by atoms with Gasteiger partial charge in [-0.3, -0.25) is 0 Å². The molecule has 2 aliphatic rings.